The Morgan fingerprint density at radius 2 is 1.50 bits per heavy atom. The largest absolute Gasteiger partial charge is 0.392 e. The summed E-state index contributed by atoms with van der Waals surface area (Å²) in [4.78, 5) is 0. The molecule has 1 aliphatic rings. The molecule has 0 aromatic rings. The highest BCUT2D eigenvalue weighted by Crippen LogP contribution is 2.32. The average molecular weight is 138 g/mol. The summed E-state index contributed by atoms with van der Waals surface area (Å²) in [6.07, 6.45) is 5.57. The van der Waals surface area contributed by atoms with Crippen molar-refractivity contribution in [3.05, 3.63) is 25.3 Å². The number of aliphatic hydroxyl groups excluding tert-OH is 1. The zero-order valence-electron chi connectivity index (χ0n) is 6.16. The van der Waals surface area contributed by atoms with Gasteiger partial charge in [0.25, 0.3) is 0 Å². The molecule has 1 heteroatoms. The molecule has 0 bridgehead atoms. The molecule has 0 aliphatic heterocycles. The van der Waals surface area contributed by atoms with Crippen molar-refractivity contribution in [3.8, 4) is 0 Å². The zero-order valence-corrected chi connectivity index (χ0v) is 6.16. The summed E-state index contributed by atoms with van der Waals surface area (Å²) >= 11 is 0. The first-order valence-corrected chi connectivity index (χ1v) is 3.72. The van der Waals surface area contributed by atoms with Gasteiger partial charge in [-0.15, -0.1) is 13.2 Å². The molecule has 1 rings (SSSR count). The number of rotatable bonds is 2. The maximum absolute atomic E-state index is 9.51. The minimum atomic E-state index is -0.227. The van der Waals surface area contributed by atoms with Crippen LogP contribution >= 0.6 is 0 Å². The van der Waals surface area contributed by atoms with Gasteiger partial charge in [0.15, 0.2) is 0 Å². The van der Waals surface area contributed by atoms with Gasteiger partial charge in [0, 0.05) is 11.8 Å². The molecule has 2 unspecified atom stereocenters. The van der Waals surface area contributed by atoms with Crippen LogP contribution < -0.4 is 0 Å². The van der Waals surface area contributed by atoms with Crippen molar-refractivity contribution in [1.82, 2.24) is 0 Å². The van der Waals surface area contributed by atoms with Crippen molar-refractivity contribution in [2.45, 2.75) is 18.9 Å². The molecule has 0 spiro atoms. The Morgan fingerprint density at radius 1 is 1.10 bits per heavy atom. The average Bonchev–Trinajstić information content (AvgIpc) is 2.30. The molecule has 1 N–H and O–H groups in total. The summed E-state index contributed by atoms with van der Waals surface area (Å²) in [5.41, 5.74) is 0. The molecule has 1 fully saturated rings. The Bertz CT molecular complexity index is 124. The summed E-state index contributed by atoms with van der Waals surface area (Å²) in [6, 6.07) is 0. The second-order valence-electron chi connectivity index (χ2n) is 2.87. The smallest absolute Gasteiger partial charge is 0.0665 e. The van der Waals surface area contributed by atoms with Gasteiger partial charge in [0.05, 0.1) is 6.10 Å². The molecule has 10 heavy (non-hydrogen) atoms. The van der Waals surface area contributed by atoms with Crippen LogP contribution in [-0.4, -0.2) is 11.2 Å². The normalized spacial score (nSPS) is 39.5. The van der Waals surface area contributed by atoms with Crippen LogP contribution in [0, 0.1) is 11.8 Å². The molecule has 1 saturated carbocycles. The lowest BCUT2D eigenvalue weighted by atomic mass is 10.0. The fourth-order valence-corrected chi connectivity index (χ4v) is 1.56. The highest BCUT2D eigenvalue weighted by molar-refractivity contribution is 4.99. The molecule has 0 radical (unpaired) electrons. The Balaban J connectivity index is 2.56. The SMILES string of the molecule is C=CC1CCC(C=C)C1O. The van der Waals surface area contributed by atoms with Gasteiger partial charge in [0.2, 0.25) is 0 Å². The predicted octanol–water partition coefficient (Wildman–Crippen LogP) is 1.75. The third-order valence-electron chi connectivity index (χ3n) is 2.32. The van der Waals surface area contributed by atoms with E-state index in [9.17, 15) is 5.11 Å². The van der Waals surface area contributed by atoms with E-state index in [2.05, 4.69) is 13.2 Å². The predicted molar refractivity (Wildman–Crippen MR) is 42.6 cm³/mol. The van der Waals surface area contributed by atoms with E-state index in [1.165, 1.54) is 0 Å². The zero-order chi connectivity index (χ0) is 7.56. The summed E-state index contributed by atoms with van der Waals surface area (Å²) in [5, 5.41) is 9.51. The van der Waals surface area contributed by atoms with Crippen LogP contribution in [0.4, 0.5) is 0 Å². The van der Waals surface area contributed by atoms with E-state index >= 15 is 0 Å². The molecular weight excluding hydrogens is 124 g/mol. The number of aliphatic hydroxyl groups is 1. The summed E-state index contributed by atoms with van der Waals surface area (Å²) < 4.78 is 0. The van der Waals surface area contributed by atoms with Crippen molar-refractivity contribution in [2.75, 3.05) is 0 Å². The van der Waals surface area contributed by atoms with E-state index in [1.807, 2.05) is 12.2 Å². The topological polar surface area (TPSA) is 20.2 Å². The van der Waals surface area contributed by atoms with Gasteiger partial charge in [-0.2, -0.15) is 0 Å². The molecule has 1 nitrogen and oxygen atoms in total. The molecule has 0 heterocycles. The lowest BCUT2D eigenvalue weighted by Crippen LogP contribution is -2.17. The fourth-order valence-electron chi connectivity index (χ4n) is 1.56. The van der Waals surface area contributed by atoms with Crippen LogP contribution in [0.15, 0.2) is 25.3 Å². The molecule has 2 atom stereocenters. The van der Waals surface area contributed by atoms with Crippen molar-refractivity contribution in [2.24, 2.45) is 11.8 Å². The van der Waals surface area contributed by atoms with Crippen molar-refractivity contribution >= 4 is 0 Å². The van der Waals surface area contributed by atoms with Crippen molar-refractivity contribution < 1.29 is 5.11 Å². The minimum Gasteiger partial charge on any atom is -0.392 e. The van der Waals surface area contributed by atoms with Crippen LogP contribution in [0.3, 0.4) is 0 Å². The Kier molecular flexibility index (Phi) is 2.28. The second-order valence-corrected chi connectivity index (χ2v) is 2.87. The first-order valence-electron chi connectivity index (χ1n) is 3.72. The van der Waals surface area contributed by atoms with Crippen molar-refractivity contribution in [3.63, 3.8) is 0 Å². The standard InChI is InChI=1S/C9H14O/c1-3-7-5-6-8(4-2)9(7)10/h3-4,7-10H,1-2,5-6H2. The third-order valence-corrected chi connectivity index (χ3v) is 2.32. The molecule has 0 aromatic carbocycles. The van der Waals surface area contributed by atoms with Gasteiger partial charge in [-0.25, -0.2) is 0 Å². The van der Waals surface area contributed by atoms with Crippen LogP contribution in [0.2, 0.25) is 0 Å². The molecule has 0 aromatic heterocycles. The molecule has 1 aliphatic carbocycles. The van der Waals surface area contributed by atoms with E-state index in [4.69, 9.17) is 0 Å². The van der Waals surface area contributed by atoms with E-state index < -0.39 is 0 Å². The quantitative estimate of drug-likeness (QED) is 0.576. The van der Waals surface area contributed by atoms with Gasteiger partial charge in [-0.05, 0) is 12.8 Å². The van der Waals surface area contributed by atoms with Crippen LogP contribution in [0.5, 0.6) is 0 Å². The molecular formula is C9H14O. The van der Waals surface area contributed by atoms with Gasteiger partial charge in [-0.1, -0.05) is 12.2 Å². The highest BCUT2D eigenvalue weighted by Gasteiger charge is 2.30. The third kappa shape index (κ3) is 1.14. The monoisotopic (exact) mass is 138 g/mol. The maximum atomic E-state index is 9.51. The Labute approximate surface area is 62.1 Å². The molecule has 0 amide bonds. The summed E-state index contributed by atoms with van der Waals surface area (Å²) in [5.74, 6) is 0.589. The molecule has 56 valence electrons. The van der Waals surface area contributed by atoms with E-state index in [-0.39, 0.29) is 6.10 Å². The Hall–Kier alpha value is -0.560. The minimum absolute atomic E-state index is 0.227. The fraction of sp³-hybridized carbons (Fsp3) is 0.556. The van der Waals surface area contributed by atoms with Crippen LogP contribution in [0.1, 0.15) is 12.8 Å². The number of hydrogen-bond acceptors (Lipinski definition) is 1. The summed E-state index contributed by atoms with van der Waals surface area (Å²) in [6.45, 7) is 7.34. The van der Waals surface area contributed by atoms with Crippen LogP contribution in [-0.2, 0) is 0 Å². The Morgan fingerprint density at radius 3 is 1.70 bits per heavy atom. The van der Waals surface area contributed by atoms with Crippen LogP contribution in [0.25, 0.3) is 0 Å². The van der Waals surface area contributed by atoms with E-state index in [0.29, 0.717) is 11.8 Å². The van der Waals surface area contributed by atoms with E-state index in [1.54, 1.807) is 0 Å². The van der Waals surface area contributed by atoms with Gasteiger partial charge < -0.3 is 5.11 Å². The maximum Gasteiger partial charge on any atom is 0.0665 e. The van der Waals surface area contributed by atoms with Gasteiger partial charge >= 0.3 is 0 Å². The lowest BCUT2D eigenvalue weighted by Gasteiger charge is -2.12. The highest BCUT2D eigenvalue weighted by atomic mass is 16.3. The van der Waals surface area contributed by atoms with Gasteiger partial charge in [0.1, 0.15) is 0 Å². The second kappa shape index (κ2) is 3.02. The van der Waals surface area contributed by atoms with E-state index in [0.717, 1.165) is 12.8 Å². The van der Waals surface area contributed by atoms with Crippen molar-refractivity contribution in [1.29, 1.82) is 0 Å². The summed E-state index contributed by atoms with van der Waals surface area (Å²) in [7, 11) is 0. The van der Waals surface area contributed by atoms with Gasteiger partial charge in [-0.3, -0.25) is 0 Å². The first-order chi connectivity index (χ1) is 4.79. The lowest BCUT2D eigenvalue weighted by molar-refractivity contribution is 0.126. The molecule has 0 saturated heterocycles. The first kappa shape index (κ1) is 7.55. The number of hydrogen-bond donors (Lipinski definition) is 1.